The van der Waals surface area contributed by atoms with E-state index in [1.54, 1.807) is 13.8 Å². The van der Waals surface area contributed by atoms with Gasteiger partial charge in [0.05, 0.1) is 0 Å². The van der Waals surface area contributed by atoms with Gasteiger partial charge in [0.25, 0.3) is 0 Å². The van der Waals surface area contributed by atoms with Crippen LogP contribution in [0.1, 0.15) is 99.6 Å². The number of carbonyl (C=O) groups is 2. The van der Waals surface area contributed by atoms with Crippen molar-refractivity contribution in [2.24, 2.45) is 0 Å². The molecule has 0 bridgehead atoms. The average molecular weight is 868 g/mol. The van der Waals surface area contributed by atoms with Gasteiger partial charge in [-0.15, -0.1) is 69.1 Å². The second-order valence-electron chi connectivity index (χ2n) is 14.1. The van der Waals surface area contributed by atoms with Crippen molar-refractivity contribution in [2.75, 3.05) is 0 Å². The molecule has 6 aromatic carbocycles. The summed E-state index contributed by atoms with van der Waals surface area (Å²) in [5.74, 6) is -0.220. The number of aryl methyl sites for hydroxylation is 4. The minimum absolute atomic E-state index is 0.110. The summed E-state index contributed by atoms with van der Waals surface area (Å²) < 4.78 is 0. The van der Waals surface area contributed by atoms with Crippen LogP contribution in [0.25, 0.3) is 43.8 Å². The number of unbranched alkanes of at least 4 members (excludes halogenated alkanes) is 2. The van der Waals surface area contributed by atoms with Crippen molar-refractivity contribution >= 4 is 57.9 Å². The van der Waals surface area contributed by atoms with Crippen LogP contribution in [-0.2, 0) is 43.3 Å². The molecule has 0 fully saturated rings. The predicted octanol–water partition coefficient (Wildman–Crippen LogP) is 13.3. The van der Waals surface area contributed by atoms with Gasteiger partial charge in [-0.05, 0) is 73.9 Å². The molecule has 0 atom stereocenters. The zero-order chi connectivity index (χ0) is 41.0. The molecule has 0 unspecified atom stereocenters. The SMILES string of the molecule is CCC(=O)N[B]NC(=O)CC.CCCCc1cc2c(-c3cccc(C)c3C)cccc2[cH-]1.CCCCc1cc2c(-c3cccc(C)c3C)cccc2[cH-]1.[Cl][Zr+2][Cl]. The molecule has 4 nitrogen and oxygen atoms in total. The van der Waals surface area contributed by atoms with E-state index in [9.17, 15) is 9.59 Å². The number of halogens is 2. The second kappa shape index (κ2) is 25.0. The van der Waals surface area contributed by atoms with Crippen LogP contribution < -0.4 is 10.5 Å². The van der Waals surface area contributed by atoms with Crippen LogP contribution in [0.3, 0.4) is 0 Å². The Bertz CT molecular complexity index is 1990. The molecule has 6 rings (SSSR count). The Morgan fingerprint density at radius 2 is 0.946 bits per heavy atom. The molecule has 0 heterocycles. The van der Waals surface area contributed by atoms with Gasteiger partial charge in [0, 0.05) is 12.8 Å². The van der Waals surface area contributed by atoms with Crippen LogP contribution in [0.5, 0.6) is 0 Å². The van der Waals surface area contributed by atoms with E-state index in [1.807, 2.05) is 0 Å². The Morgan fingerprint density at radius 3 is 1.30 bits per heavy atom. The number of carbonyl (C=O) groups excluding carboxylic acids is 2. The van der Waals surface area contributed by atoms with E-state index in [4.69, 9.17) is 17.0 Å². The predicted molar refractivity (Wildman–Crippen MR) is 240 cm³/mol. The van der Waals surface area contributed by atoms with E-state index in [0.717, 1.165) is 0 Å². The first-order valence-corrected chi connectivity index (χ1v) is 26.2. The van der Waals surface area contributed by atoms with Gasteiger partial charge in [-0.25, -0.2) is 0 Å². The van der Waals surface area contributed by atoms with E-state index in [0.29, 0.717) is 12.8 Å². The maximum atomic E-state index is 10.6. The number of benzene rings is 4. The van der Waals surface area contributed by atoms with Gasteiger partial charge in [-0.3, -0.25) is 9.59 Å². The van der Waals surface area contributed by atoms with Crippen molar-refractivity contribution in [2.45, 2.75) is 107 Å². The van der Waals surface area contributed by atoms with Crippen LogP contribution >= 0.6 is 17.0 Å². The van der Waals surface area contributed by atoms with Crippen LogP contribution in [0, 0.1) is 27.7 Å². The average Bonchev–Trinajstić information content (AvgIpc) is 3.83. The number of hydrogen-bond acceptors (Lipinski definition) is 2. The van der Waals surface area contributed by atoms with E-state index >= 15 is 0 Å². The summed E-state index contributed by atoms with van der Waals surface area (Å²) in [4.78, 5) is 21.2. The zero-order valence-electron chi connectivity index (χ0n) is 34.5. The first kappa shape index (κ1) is 46.9. The fourth-order valence-corrected chi connectivity index (χ4v) is 6.60. The number of nitrogens with one attached hydrogen (secondary N) is 2. The van der Waals surface area contributed by atoms with Crippen LogP contribution in [0.2, 0.25) is 0 Å². The van der Waals surface area contributed by atoms with Crippen molar-refractivity contribution in [3.63, 3.8) is 0 Å². The fraction of sp³-hybridized carbons (Fsp3) is 0.333. The Balaban J connectivity index is 0.000000228. The quantitative estimate of drug-likeness (QED) is 0.0951. The zero-order valence-corrected chi connectivity index (χ0v) is 38.5. The summed E-state index contributed by atoms with van der Waals surface area (Å²) in [5.41, 5.74) is 13.9. The summed E-state index contributed by atoms with van der Waals surface area (Å²) in [7, 11) is 11.1. The minimum atomic E-state index is -0.826. The first-order chi connectivity index (χ1) is 27.0. The fourth-order valence-electron chi connectivity index (χ4n) is 6.60. The third kappa shape index (κ3) is 13.9. The molecule has 0 aliphatic carbocycles. The molecule has 0 aromatic heterocycles. The number of rotatable bonds is 12. The summed E-state index contributed by atoms with van der Waals surface area (Å²) in [5, 5.41) is 10.4. The van der Waals surface area contributed by atoms with Crippen LogP contribution in [0.15, 0.2) is 97.1 Å². The van der Waals surface area contributed by atoms with Gasteiger partial charge in [-0.1, -0.05) is 113 Å². The molecule has 8 heteroatoms. The van der Waals surface area contributed by atoms with E-state index in [1.165, 1.54) is 123 Å². The van der Waals surface area contributed by atoms with E-state index in [-0.39, 0.29) is 11.8 Å². The monoisotopic (exact) mass is 865 g/mol. The molecule has 1 radical (unpaired) electrons. The van der Waals surface area contributed by atoms with Gasteiger partial charge in [-0.2, -0.15) is 12.1 Å². The summed E-state index contributed by atoms with van der Waals surface area (Å²) in [6.07, 6.45) is 8.27. The van der Waals surface area contributed by atoms with Gasteiger partial charge in [0.2, 0.25) is 11.8 Å². The molecule has 2 N–H and O–H groups in total. The Kier molecular flexibility index (Phi) is 21.0. The van der Waals surface area contributed by atoms with Gasteiger partial charge < -0.3 is 10.5 Å². The number of amides is 2. The normalized spacial score (nSPS) is 10.2. The summed E-state index contributed by atoms with van der Waals surface area (Å²) in [6, 6.07) is 36.1. The second-order valence-corrected chi connectivity index (χ2v) is 17.8. The summed E-state index contributed by atoms with van der Waals surface area (Å²) in [6.45, 7) is 16.8. The molecule has 2 amide bonds. The van der Waals surface area contributed by atoms with Crippen LogP contribution in [0.4, 0.5) is 0 Å². The summed E-state index contributed by atoms with van der Waals surface area (Å²) >= 11 is -0.826. The van der Waals surface area contributed by atoms with Gasteiger partial charge in [0.1, 0.15) is 0 Å². The third-order valence-corrected chi connectivity index (χ3v) is 10.2. The Morgan fingerprint density at radius 1 is 0.589 bits per heavy atom. The van der Waals surface area contributed by atoms with E-state index in [2.05, 4.69) is 149 Å². The number of fused-ring (bicyclic) bond motifs is 2. The third-order valence-electron chi connectivity index (χ3n) is 10.2. The maximum absolute atomic E-state index is 10.6. The molecule has 0 saturated carbocycles. The molecule has 0 saturated heterocycles. The molecule has 293 valence electrons. The molecule has 6 aromatic rings. The van der Waals surface area contributed by atoms with Crippen LogP contribution in [-0.4, -0.2) is 19.4 Å². The van der Waals surface area contributed by atoms with Crippen molar-refractivity contribution in [1.29, 1.82) is 0 Å². The molecule has 0 aliphatic heterocycles. The van der Waals surface area contributed by atoms with Crippen molar-refractivity contribution in [1.82, 2.24) is 10.5 Å². The molecular formula is C48H58BCl2N2O2Zr. The Labute approximate surface area is 355 Å². The topological polar surface area (TPSA) is 58.2 Å². The standard InChI is InChI=1S/2C21H23.C6H12BN2O2.2ClH.Zr/c2*1-4-5-9-17-13-18-10-7-12-20(21(18)14-17)19-11-6-8-15(2)16(19)3;1-3-5(10)8-7-9-6(11)4-2;;;/h2*6-8,10-14H,4-5,9H2,1-3H3;3-4H2,1-2H3,(H,8,10)(H,9,11);2*1H;/q2*-1;;;;+4/p-2. The molecular weight excluding hydrogens is 809 g/mol. The van der Waals surface area contributed by atoms with Crippen molar-refractivity contribution in [3.8, 4) is 22.3 Å². The molecule has 0 spiro atoms. The number of hydrogen-bond donors (Lipinski definition) is 2. The van der Waals surface area contributed by atoms with E-state index < -0.39 is 20.8 Å². The van der Waals surface area contributed by atoms with Crippen molar-refractivity contribution in [3.05, 3.63) is 130 Å². The molecule has 0 aliphatic rings. The van der Waals surface area contributed by atoms with Gasteiger partial charge in [0.15, 0.2) is 0 Å². The van der Waals surface area contributed by atoms with Gasteiger partial charge >= 0.3 is 45.4 Å². The van der Waals surface area contributed by atoms with Crippen molar-refractivity contribution < 1.29 is 30.4 Å². The molecule has 56 heavy (non-hydrogen) atoms. The first-order valence-electron chi connectivity index (χ1n) is 19.9. The Hall–Kier alpha value is -3.43.